The fraction of sp³-hybridized carbons (Fsp3) is 0. The molecule has 0 saturated heterocycles. The lowest BCUT2D eigenvalue weighted by molar-refractivity contribution is -0.106. The number of rotatable bonds is 6. The van der Waals surface area contributed by atoms with Gasteiger partial charge in [-0.2, -0.15) is 5.10 Å². The van der Waals surface area contributed by atoms with Gasteiger partial charge in [0.1, 0.15) is 18.0 Å². The van der Waals surface area contributed by atoms with Crippen LogP contribution in [0.15, 0.2) is 79.3 Å². The molecule has 0 aliphatic heterocycles. The molecule has 0 radical (unpaired) electrons. The van der Waals surface area contributed by atoms with Crippen LogP contribution in [-0.2, 0) is 4.79 Å². The maximum Gasteiger partial charge on any atom is 0.219 e. The van der Waals surface area contributed by atoms with Crippen molar-refractivity contribution in [2.24, 2.45) is 0 Å². The normalized spacial score (nSPS) is 10.8. The molecule has 156 valence electrons. The lowest BCUT2D eigenvalue weighted by Crippen LogP contribution is -2.15. The number of H-pyrrole nitrogens is 1. The zero-order valence-electron chi connectivity index (χ0n) is 16.6. The van der Waals surface area contributed by atoms with Crippen LogP contribution >= 0.6 is 11.6 Å². The van der Waals surface area contributed by atoms with Crippen LogP contribution in [0.1, 0.15) is 0 Å². The minimum Gasteiger partial charge on any atom is -0.339 e. The number of carbonyl (C=O) groups excluding carboxylic acids is 1. The van der Waals surface area contributed by atoms with Gasteiger partial charge in [0, 0.05) is 22.5 Å². The SMILES string of the molecule is O=CN(c1cccc(-c2[nH]nc3ncnc(Nc4cccc(Cl)c4)c23)c1)c1ccccn1. The van der Waals surface area contributed by atoms with Gasteiger partial charge in [0.15, 0.2) is 5.65 Å². The zero-order chi connectivity index (χ0) is 21.9. The summed E-state index contributed by atoms with van der Waals surface area (Å²) in [4.78, 5) is 26.3. The van der Waals surface area contributed by atoms with Crippen molar-refractivity contribution in [3.05, 3.63) is 84.3 Å². The van der Waals surface area contributed by atoms with E-state index in [1.54, 1.807) is 24.4 Å². The summed E-state index contributed by atoms with van der Waals surface area (Å²) in [6, 6.07) is 20.3. The molecule has 0 aliphatic carbocycles. The fourth-order valence-electron chi connectivity index (χ4n) is 3.42. The van der Waals surface area contributed by atoms with E-state index in [-0.39, 0.29) is 0 Å². The Bertz CT molecular complexity index is 1400. The van der Waals surface area contributed by atoms with E-state index in [4.69, 9.17) is 11.6 Å². The van der Waals surface area contributed by atoms with Crippen LogP contribution in [0.3, 0.4) is 0 Å². The second-order valence-electron chi connectivity index (χ2n) is 6.87. The lowest BCUT2D eigenvalue weighted by Gasteiger charge is -2.17. The van der Waals surface area contributed by atoms with Gasteiger partial charge >= 0.3 is 0 Å². The first-order chi connectivity index (χ1) is 15.7. The van der Waals surface area contributed by atoms with Crippen LogP contribution in [0.4, 0.5) is 23.0 Å². The average Bonchev–Trinajstić information content (AvgIpc) is 3.26. The van der Waals surface area contributed by atoms with Crippen molar-refractivity contribution in [1.82, 2.24) is 25.1 Å². The molecule has 2 aromatic carbocycles. The Morgan fingerprint density at radius 3 is 2.69 bits per heavy atom. The second kappa shape index (κ2) is 8.44. The van der Waals surface area contributed by atoms with E-state index in [0.717, 1.165) is 28.7 Å². The summed E-state index contributed by atoms with van der Waals surface area (Å²) in [7, 11) is 0. The topological polar surface area (TPSA) is 99.7 Å². The third-order valence-electron chi connectivity index (χ3n) is 4.85. The molecule has 0 fully saturated rings. The Labute approximate surface area is 187 Å². The van der Waals surface area contributed by atoms with Gasteiger partial charge in [-0.15, -0.1) is 0 Å². The predicted octanol–water partition coefficient (Wildman–Crippen LogP) is 5.11. The minimum atomic E-state index is 0.516. The van der Waals surface area contributed by atoms with Crippen LogP contribution in [0, 0.1) is 0 Å². The maximum absolute atomic E-state index is 11.8. The summed E-state index contributed by atoms with van der Waals surface area (Å²) < 4.78 is 0. The standard InChI is InChI=1S/C23H16ClN7O/c24-16-6-4-7-17(12-16)28-22-20-21(29-30-23(20)27-13-26-22)15-5-3-8-18(11-15)31(14-32)19-9-1-2-10-25-19/h1-14H,(H2,26,27,28,29,30). The average molecular weight is 442 g/mol. The third-order valence-corrected chi connectivity index (χ3v) is 5.09. The highest BCUT2D eigenvalue weighted by atomic mass is 35.5. The molecule has 0 aliphatic rings. The van der Waals surface area contributed by atoms with Crippen molar-refractivity contribution in [3.8, 4) is 11.3 Å². The highest BCUT2D eigenvalue weighted by Crippen LogP contribution is 2.34. The van der Waals surface area contributed by atoms with Gasteiger partial charge in [-0.3, -0.25) is 14.8 Å². The van der Waals surface area contributed by atoms with E-state index in [0.29, 0.717) is 28.0 Å². The van der Waals surface area contributed by atoms with Gasteiger partial charge in [-0.1, -0.05) is 35.9 Å². The van der Waals surface area contributed by atoms with Gasteiger partial charge in [0.25, 0.3) is 0 Å². The molecular formula is C23H16ClN7O. The number of aromatic amines is 1. The third kappa shape index (κ3) is 3.75. The van der Waals surface area contributed by atoms with Crippen molar-refractivity contribution < 1.29 is 4.79 Å². The number of amides is 1. The van der Waals surface area contributed by atoms with E-state index in [1.807, 2.05) is 48.5 Å². The molecule has 0 atom stereocenters. The van der Waals surface area contributed by atoms with Crippen molar-refractivity contribution in [2.75, 3.05) is 10.2 Å². The van der Waals surface area contributed by atoms with Crippen LogP contribution < -0.4 is 10.2 Å². The van der Waals surface area contributed by atoms with Gasteiger partial charge < -0.3 is 5.32 Å². The molecule has 3 heterocycles. The molecule has 2 N–H and O–H groups in total. The number of carbonyl (C=O) groups is 1. The number of benzene rings is 2. The number of hydrogen-bond acceptors (Lipinski definition) is 6. The van der Waals surface area contributed by atoms with E-state index in [1.165, 1.54) is 11.2 Å². The molecule has 5 rings (SSSR count). The molecule has 0 saturated carbocycles. The molecule has 32 heavy (non-hydrogen) atoms. The summed E-state index contributed by atoms with van der Waals surface area (Å²) in [5.74, 6) is 1.11. The van der Waals surface area contributed by atoms with Crippen LogP contribution in [0.25, 0.3) is 22.3 Å². The van der Waals surface area contributed by atoms with Crippen molar-refractivity contribution >= 4 is 52.1 Å². The molecule has 5 aromatic rings. The Hall–Kier alpha value is -4.30. The van der Waals surface area contributed by atoms with E-state index in [9.17, 15) is 4.79 Å². The minimum absolute atomic E-state index is 0.516. The molecule has 8 nitrogen and oxygen atoms in total. The predicted molar refractivity (Wildman–Crippen MR) is 124 cm³/mol. The molecule has 1 amide bonds. The van der Waals surface area contributed by atoms with Crippen LogP contribution in [0.2, 0.25) is 5.02 Å². The van der Waals surface area contributed by atoms with Crippen molar-refractivity contribution in [3.63, 3.8) is 0 Å². The van der Waals surface area contributed by atoms with E-state index in [2.05, 4.69) is 30.5 Å². The smallest absolute Gasteiger partial charge is 0.219 e. The number of anilines is 4. The van der Waals surface area contributed by atoms with Crippen molar-refractivity contribution in [2.45, 2.75) is 0 Å². The Balaban J connectivity index is 1.58. The molecule has 3 aromatic heterocycles. The van der Waals surface area contributed by atoms with Crippen LogP contribution in [-0.4, -0.2) is 31.6 Å². The number of hydrogen-bond donors (Lipinski definition) is 2. The number of fused-ring (bicyclic) bond motifs is 1. The number of nitrogens with one attached hydrogen (secondary N) is 2. The summed E-state index contributed by atoms with van der Waals surface area (Å²) in [5, 5.41) is 12.0. The maximum atomic E-state index is 11.8. The summed E-state index contributed by atoms with van der Waals surface area (Å²) in [6.07, 6.45) is 3.83. The summed E-state index contributed by atoms with van der Waals surface area (Å²) in [5.41, 5.74) is 3.51. The number of halogens is 1. The number of nitrogens with zero attached hydrogens (tertiary/aromatic N) is 5. The van der Waals surface area contributed by atoms with Gasteiger partial charge in [0.2, 0.25) is 6.41 Å². The number of pyridine rings is 1. The highest BCUT2D eigenvalue weighted by molar-refractivity contribution is 6.30. The molecule has 9 heteroatoms. The summed E-state index contributed by atoms with van der Waals surface area (Å²) >= 11 is 6.12. The van der Waals surface area contributed by atoms with Crippen molar-refractivity contribution in [1.29, 1.82) is 0 Å². The number of aromatic nitrogens is 5. The van der Waals surface area contributed by atoms with Crippen LogP contribution in [0.5, 0.6) is 0 Å². The molecular weight excluding hydrogens is 426 g/mol. The van der Waals surface area contributed by atoms with E-state index >= 15 is 0 Å². The first-order valence-electron chi connectivity index (χ1n) is 9.70. The van der Waals surface area contributed by atoms with E-state index < -0.39 is 0 Å². The monoisotopic (exact) mass is 441 g/mol. The Kier molecular flexibility index (Phi) is 5.19. The Morgan fingerprint density at radius 1 is 0.969 bits per heavy atom. The quantitative estimate of drug-likeness (QED) is 0.355. The first kappa shape index (κ1) is 19.7. The lowest BCUT2D eigenvalue weighted by atomic mass is 10.1. The molecule has 0 spiro atoms. The highest BCUT2D eigenvalue weighted by Gasteiger charge is 2.16. The van der Waals surface area contributed by atoms with Gasteiger partial charge in [-0.25, -0.2) is 15.0 Å². The molecule has 0 bridgehead atoms. The zero-order valence-corrected chi connectivity index (χ0v) is 17.4. The summed E-state index contributed by atoms with van der Waals surface area (Å²) in [6.45, 7) is 0. The van der Waals surface area contributed by atoms with Gasteiger partial charge in [0.05, 0.1) is 16.8 Å². The molecule has 0 unspecified atom stereocenters. The largest absolute Gasteiger partial charge is 0.339 e. The first-order valence-corrected chi connectivity index (χ1v) is 10.1. The fourth-order valence-corrected chi connectivity index (χ4v) is 3.61. The van der Waals surface area contributed by atoms with Gasteiger partial charge in [-0.05, 0) is 42.5 Å². The second-order valence-corrected chi connectivity index (χ2v) is 7.30. The Morgan fingerprint density at radius 2 is 1.88 bits per heavy atom.